The number of carbonyl (C=O) groups is 2. The number of benzene rings is 2. The average Bonchev–Trinajstić information content (AvgIpc) is 2.61. The number of rotatable bonds is 5. The summed E-state index contributed by atoms with van der Waals surface area (Å²) >= 11 is 6.02. The van der Waals surface area contributed by atoms with E-state index in [0.29, 0.717) is 29.1 Å². The lowest BCUT2D eigenvalue weighted by atomic mass is 10.1. The largest absolute Gasteiger partial charge is 0.445 e. The first-order valence-electron chi connectivity index (χ1n) is 7.38. The van der Waals surface area contributed by atoms with Gasteiger partial charge in [-0.25, -0.2) is 4.79 Å². The Bertz CT molecular complexity index is 763. The zero-order valence-electron chi connectivity index (χ0n) is 12.9. The summed E-state index contributed by atoms with van der Waals surface area (Å²) in [4.78, 5) is 22.5. The molecule has 0 radical (unpaired) electrons. The van der Waals surface area contributed by atoms with Crippen molar-refractivity contribution in [3.8, 4) is 11.8 Å². The number of halogens is 1. The fraction of sp³-hybridized carbons (Fsp3) is 0.158. The van der Waals surface area contributed by atoms with Gasteiger partial charge >= 0.3 is 6.09 Å². The van der Waals surface area contributed by atoms with E-state index in [0.717, 1.165) is 11.8 Å². The highest BCUT2D eigenvalue weighted by Gasteiger charge is 2.03. The fourth-order valence-electron chi connectivity index (χ4n) is 1.92. The number of carbonyl (C=O) groups excluding carboxylic acids is 2. The van der Waals surface area contributed by atoms with E-state index in [1.54, 1.807) is 18.2 Å². The van der Waals surface area contributed by atoms with Crippen LogP contribution in [0.3, 0.4) is 0 Å². The van der Waals surface area contributed by atoms with E-state index in [-0.39, 0.29) is 6.61 Å². The van der Waals surface area contributed by atoms with Gasteiger partial charge in [0.15, 0.2) is 6.29 Å². The second-order valence-electron chi connectivity index (χ2n) is 4.86. The fourth-order valence-corrected chi connectivity index (χ4v) is 2.15. The van der Waals surface area contributed by atoms with Crippen molar-refractivity contribution >= 4 is 24.0 Å². The van der Waals surface area contributed by atoms with Gasteiger partial charge in [0, 0.05) is 18.5 Å². The lowest BCUT2D eigenvalue weighted by Crippen LogP contribution is -2.24. The predicted molar refractivity (Wildman–Crippen MR) is 93.0 cm³/mol. The number of hydrogen-bond donors (Lipinski definition) is 1. The standard InChI is InChI=1S/C19H16ClNO3/c20-18-11-6-9-16(13-22)17(18)10-4-5-12-21-19(23)24-14-15-7-2-1-3-8-15/h1-3,6-9,11,13H,5,12,14H2,(H,21,23). The molecule has 2 aromatic carbocycles. The normalized spacial score (nSPS) is 9.54. The molecule has 0 aromatic heterocycles. The molecular formula is C19H16ClNO3. The van der Waals surface area contributed by atoms with E-state index in [1.807, 2.05) is 30.3 Å². The second-order valence-corrected chi connectivity index (χ2v) is 5.27. The number of ether oxygens (including phenoxy) is 1. The van der Waals surface area contributed by atoms with Crippen molar-refractivity contribution in [2.24, 2.45) is 0 Å². The summed E-state index contributed by atoms with van der Waals surface area (Å²) in [7, 11) is 0. The van der Waals surface area contributed by atoms with Gasteiger partial charge in [0.05, 0.1) is 10.6 Å². The molecule has 24 heavy (non-hydrogen) atoms. The molecule has 0 atom stereocenters. The first-order chi connectivity index (χ1) is 11.7. The second kappa shape index (κ2) is 9.39. The van der Waals surface area contributed by atoms with Crippen molar-refractivity contribution in [1.29, 1.82) is 0 Å². The van der Waals surface area contributed by atoms with Crippen LogP contribution in [0.4, 0.5) is 4.79 Å². The van der Waals surface area contributed by atoms with Crippen LogP contribution in [0.25, 0.3) is 0 Å². The molecule has 0 heterocycles. The minimum absolute atomic E-state index is 0.223. The third kappa shape index (κ3) is 5.45. The molecule has 4 nitrogen and oxygen atoms in total. The highest BCUT2D eigenvalue weighted by atomic mass is 35.5. The molecular weight excluding hydrogens is 326 g/mol. The summed E-state index contributed by atoms with van der Waals surface area (Å²) in [5.41, 5.74) is 1.87. The molecule has 0 aliphatic rings. The van der Waals surface area contributed by atoms with Crippen molar-refractivity contribution in [2.75, 3.05) is 6.54 Å². The zero-order valence-corrected chi connectivity index (χ0v) is 13.7. The smallest absolute Gasteiger partial charge is 0.407 e. The molecule has 0 saturated carbocycles. The number of aldehydes is 1. The maximum atomic E-state index is 11.6. The molecule has 0 unspecified atom stereocenters. The average molecular weight is 342 g/mol. The molecule has 1 N–H and O–H groups in total. The van der Waals surface area contributed by atoms with Crippen LogP contribution in [0.5, 0.6) is 0 Å². The van der Waals surface area contributed by atoms with E-state index in [4.69, 9.17) is 16.3 Å². The quantitative estimate of drug-likeness (QED) is 0.511. The number of hydrogen-bond acceptors (Lipinski definition) is 3. The lowest BCUT2D eigenvalue weighted by molar-refractivity contribution is 0.112. The SMILES string of the molecule is O=Cc1cccc(Cl)c1C#CCCNC(=O)OCc1ccccc1. The minimum Gasteiger partial charge on any atom is -0.445 e. The summed E-state index contributed by atoms with van der Waals surface area (Å²) in [6.07, 6.45) is 0.644. The molecule has 0 bridgehead atoms. The van der Waals surface area contributed by atoms with Crippen molar-refractivity contribution in [1.82, 2.24) is 5.32 Å². The van der Waals surface area contributed by atoms with Gasteiger partial charge in [-0.3, -0.25) is 4.79 Å². The van der Waals surface area contributed by atoms with Crippen molar-refractivity contribution in [2.45, 2.75) is 13.0 Å². The highest BCUT2D eigenvalue weighted by Crippen LogP contribution is 2.17. The van der Waals surface area contributed by atoms with Crippen LogP contribution in [0.1, 0.15) is 27.9 Å². The molecule has 122 valence electrons. The summed E-state index contributed by atoms with van der Waals surface area (Å²) < 4.78 is 5.08. The molecule has 0 aliphatic carbocycles. The Morgan fingerprint density at radius 2 is 1.96 bits per heavy atom. The third-order valence-corrected chi connectivity index (χ3v) is 3.43. The highest BCUT2D eigenvalue weighted by molar-refractivity contribution is 6.32. The topological polar surface area (TPSA) is 55.4 Å². The van der Waals surface area contributed by atoms with Gasteiger partial charge in [-0.05, 0) is 11.6 Å². The number of amides is 1. The van der Waals surface area contributed by atoms with Gasteiger partial charge in [-0.2, -0.15) is 0 Å². The first-order valence-corrected chi connectivity index (χ1v) is 7.75. The molecule has 0 saturated heterocycles. The number of nitrogens with one attached hydrogen (secondary N) is 1. The molecule has 0 fully saturated rings. The van der Waals surface area contributed by atoms with E-state index >= 15 is 0 Å². The van der Waals surface area contributed by atoms with Crippen LogP contribution < -0.4 is 5.32 Å². The minimum atomic E-state index is -0.494. The van der Waals surface area contributed by atoms with Crippen molar-refractivity contribution in [3.63, 3.8) is 0 Å². The molecule has 5 heteroatoms. The Balaban J connectivity index is 1.76. The molecule has 2 aromatic rings. The summed E-state index contributed by atoms with van der Waals surface area (Å²) in [6.45, 7) is 0.572. The Kier molecular flexibility index (Phi) is 6.88. The maximum absolute atomic E-state index is 11.6. The molecule has 0 aliphatic heterocycles. The van der Waals surface area contributed by atoms with E-state index in [9.17, 15) is 9.59 Å². The zero-order chi connectivity index (χ0) is 17.2. The van der Waals surface area contributed by atoms with Crippen LogP contribution in [0.2, 0.25) is 5.02 Å². The van der Waals surface area contributed by atoms with Gasteiger partial charge in [0.25, 0.3) is 0 Å². The summed E-state index contributed by atoms with van der Waals surface area (Å²) in [5.74, 6) is 5.74. The van der Waals surface area contributed by atoms with Crippen LogP contribution >= 0.6 is 11.6 Å². The maximum Gasteiger partial charge on any atom is 0.407 e. The molecule has 1 amide bonds. The van der Waals surface area contributed by atoms with Crippen molar-refractivity contribution < 1.29 is 14.3 Å². The van der Waals surface area contributed by atoms with Crippen LogP contribution in [0.15, 0.2) is 48.5 Å². The van der Waals surface area contributed by atoms with Gasteiger partial charge in [-0.1, -0.05) is 65.9 Å². The predicted octanol–water partition coefficient (Wildman–Crippen LogP) is 3.82. The van der Waals surface area contributed by atoms with Crippen LogP contribution in [0, 0.1) is 11.8 Å². The van der Waals surface area contributed by atoms with Crippen LogP contribution in [-0.4, -0.2) is 18.9 Å². The number of alkyl carbamates (subject to hydrolysis) is 1. The Morgan fingerprint density at radius 3 is 2.71 bits per heavy atom. The Labute approximate surface area is 145 Å². The third-order valence-electron chi connectivity index (χ3n) is 3.12. The Hall–Kier alpha value is -2.77. The van der Waals surface area contributed by atoms with Gasteiger partial charge < -0.3 is 10.1 Å². The van der Waals surface area contributed by atoms with E-state index in [2.05, 4.69) is 17.2 Å². The summed E-state index contributed by atoms with van der Waals surface area (Å²) in [6, 6.07) is 14.5. The van der Waals surface area contributed by atoms with E-state index < -0.39 is 6.09 Å². The van der Waals surface area contributed by atoms with Gasteiger partial charge in [-0.15, -0.1) is 0 Å². The Morgan fingerprint density at radius 1 is 1.17 bits per heavy atom. The van der Waals surface area contributed by atoms with Gasteiger partial charge in [0.2, 0.25) is 0 Å². The summed E-state index contributed by atoms with van der Waals surface area (Å²) in [5, 5.41) is 3.05. The molecule has 2 rings (SSSR count). The van der Waals surface area contributed by atoms with E-state index in [1.165, 1.54) is 0 Å². The van der Waals surface area contributed by atoms with Gasteiger partial charge in [0.1, 0.15) is 6.61 Å². The first kappa shape index (κ1) is 17.6. The van der Waals surface area contributed by atoms with Crippen molar-refractivity contribution in [3.05, 3.63) is 70.2 Å². The monoisotopic (exact) mass is 341 g/mol. The lowest BCUT2D eigenvalue weighted by Gasteiger charge is -2.05. The molecule has 0 spiro atoms. The van der Waals surface area contributed by atoms with Crippen LogP contribution in [-0.2, 0) is 11.3 Å².